The third-order valence-electron chi connectivity index (χ3n) is 4.02. The number of likely N-dealkylation sites (N-methyl/N-ethyl adjacent to an activating group) is 1. The first-order valence-electron chi connectivity index (χ1n) is 7.25. The molecular formula is C16H18N4O2. The van der Waals surface area contributed by atoms with Gasteiger partial charge in [0.25, 0.3) is 11.5 Å². The van der Waals surface area contributed by atoms with Crippen LogP contribution in [0.2, 0.25) is 0 Å². The van der Waals surface area contributed by atoms with E-state index in [-0.39, 0.29) is 23.2 Å². The monoisotopic (exact) mass is 298 g/mol. The van der Waals surface area contributed by atoms with Crippen molar-refractivity contribution in [2.45, 2.75) is 6.04 Å². The highest BCUT2D eigenvalue weighted by molar-refractivity contribution is 5.92. The molecule has 3 rings (SSSR count). The Morgan fingerprint density at radius 1 is 1.18 bits per heavy atom. The van der Waals surface area contributed by atoms with Gasteiger partial charge in [0, 0.05) is 25.7 Å². The van der Waals surface area contributed by atoms with E-state index in [0.717, 1.165) is 6.54 Å². The number of carbonyl (C=O) groups is 1. The summed E-state index contributed by atoms with van der Waals surface area (Å²) < 4.78 is 0. The Morgan fingerprint density at radius 3 is 2.64 bits per heavy atom. The summed E-state index contributed by atoms with van der Waals surface area (Å²) in [5, 5.41) is 6.14. The van der Waals surface area contributed by atoms with Crippen LogP contribution in [-0.4, -0.2) is 52.6 Å². The molecule has 2 heterocycles. The summed E-state index contributed by atoms with van der Waals surface area (Å²) in [5.74, 6) is -0.148. The summed E-state index contributed by atoms with van der Waals surface area (Å²) in [4.78, 5) is 27.6. The van der Waals surface area contributed by atoms with Gasteiger partial charge in [0.05, 0.1) is 6.04 Å². The highest BCUT2D eigenvalue weighted by atomic mass is 16.2. The van der Waals surface area contributed by atoms with Crippen LogP contribution in [-0.2, 0) is 0 Å². The zero-order valence-corrected chi connectivity index (χ0v) is 12.4. The molecule has 0 spiro atoms. The highest BCUT2D eigenvalue weighted by Gasteiger charge is 2.29. The van der Waals surface area contributed by atoms with Gasteiger partial charge in [0.15, 0.2) is 0 Å². The lowest BCUT2D eigenvalue weighted by Gasteiger charge is -2.39. The van der Waals surface area contributed by atoms with E-state index in [9.17, 15) is 9.59 Å². The standard InChI is InChI=1S/C16H18N4O2/c1-19-9-10-20(11-14(19)12-5-3-2-4-6-12)16(22)13-7-8-15(21)18-17-13/h2-8,14H,9-11H2,1H3,(H,18,21). The van der Waals surface area contributed by atoms with Crippen molar-refractivity contribution in [1.29, 1.82) is 0 Å². The first-order valence-corrected chi connectivity index (χ1v) is 7.25. The first kappa shape index (κ1) is 14.5. The Hall–Kier alpha value is -2.47. The molecule has 0 radical (unpaired) electrons. The topological polar surface area (TPSA) is 69.3 Å². The van der Waals surface area contributed by atoms with E-state index < -0.39 is 0 Å². The fourth-order valence-corrected chi connectivity index (χ4v) is 2.72. The van der Waals surface area contributed by atoms with Crippen LogP contribution in [0.25, 0.3) is 0 Å². The number of nitrogens with one attached hydrogen (secondary N) is 1. The summed E-state index contributed by atoms with van der Waals surface area (Å²) in [5.41, 5.74) is 1.16. The van der Waals surface area contributed by atoms with Crippen molar-refractivity contribution in [2.24, 2.45) is 0 Å². The van der Waals surface area contributed by atoms with Crippen LogP contribution >= 0.6 is 0 Å². The lowest BCUT2D eigenvalue weighted by molar-refractivity contribution is 0.0539. The predicted octanol–water partition coefficient (Wildman–Crippen LogP) is 0.899. The smallest absolute Gasteiger partial charge is 0.274 e. The fourth-order valence-electron chi connectivity index (χ4n) is 2.72. The van der Waals surface area contributed by atoms with Crippen LogP contribution in [0.5, 0.6) is 0 Å². The predicted molar refractivity (Wildman–Crippen MR) is 82.6 cm³/mol. The summed E-state index contributed by atoms with van der Waals surface area (Å²) in [6, 6.07) is 13.1. The minimum absolute atomic E-state index is 0.148. The quantitative estimate of drug-likeness (QED) is 0.894. The van der Waals surface area contributed by atoms with Crippen LogP contribution in [0.1, 0.15) is 22.1 Å². The van der Waals surface area contributed by atoms with Gasteiger partial charge in [-0.2, -0.15) is 5.10 Å². The molecule has 0 aliphatic carbocycles. The van der Waals surface area contributed by atoms with Gasteiger partial charge in [0.1, 0.15) is 5.69 Å². The number of H-pyrrole nitrogens is 1. The number of amides is 1. The second kappa shape index (κ2) is 6.11. The van der Waals surface area contributed by atoms with E-state index >= 15 is 0 Å². The third-order valence-corrected chi connectivity index (χ3v) is 4.02. The van der Waals surface area contributed by atoms with Crippen molar-refractivity contribution in [3.8, 4) is 0 Å². The Bertz CT molecular complexity index is 693. The van der Waals surface area contributed by atoms with Crippen LogP contribution in [0.4, 0.5) is 0 Å². The molecule has 6 nitrogen and oxygen atoms in total. The van der Waals surface area contributed by atoms with Gasteiger partial charge < -0.3 is 4.90 Å². The first-order chi connectivity index (χ1) is 10.6. The number of hydrogen-bond donors (Lipinski definition) is 1. The van der Waals surface area contributed by atoms with Crippen molar-refractivity contribution in [1.82, 2.24) is 20.0 Å². The molecule has 1 aromatic carbocycles. The van der Waals surface area contributed by atoms with Gasteiger partial charge in [-0.1, -0.05) is 30.3 Å². The number of hydrogen-bond acceptors (Lipinski definition) is 4. The number of aromatic nitrogens is 2. The maximum Gasteiger partial charge on any atom is 0.274 e. The molecule has 1 atom stereocenters. The van der Waals surface area contributed by atoms with Gasteiger partial charge in [-0.15, -0.1) is 0 Å². The molecule has 1 aliphatic rings. The maximum atomic E-state index is 12.5. The van der Waals surface area contributed by atoms with Crippen LogP contribution in [0, 0.1) is 0 Å². The number of carbonyl (C=O) groups excluding carboxylic acids is 1. The van der Waals surface area contributed by atoms with E-state index in [2.05, 4.69) is 34.3 Å². The molecule has 1 unspecified atom stereocenters. The molecule has 22 heavy (non-hydrogen) atoms. The van der Waals surface area contributed by atoms with Gasteiger partial charge in [-0.3, -0.25) is 14.5 Å². The normalized spacial score (nSPS) is 19.1. The number of piperazine rings is 1. The van der Waals surface area contributed by atoms with Crippen molar-refractivity contribution in [3.05, 3.63) is 64.1 Å². The molecule has 1 N–H and O–H groups in total. The summed E-state index contributed by atoms with van der Waals surface area (Å²) in [7, 11) is 2.07. The van der Waals surface area contributed by atoms with Gasteiger partial charge in [-0.05, 0) is 18.7 Å². The van der Waals surface area contributed by atoms with Crippen LogP contribution in [0.15, 0.2) is 47.3 Å². The highest BCUT2D eigenvalue weighted by Crippen LogP contribution is 2.24. The van der Waals surface area contributed by atoms with Gasteiger partial charge >= 0.3 is 0 Å². The molecule has 1 saturated heterocycles. The summed E-state index contributed by atoms with van der Waals surface area (Å²) in [6.07, 6.45) is 0. The lowest BCUT2D eigenvalue weighted by atomic mass is 10.0. The molecule has 1 aromatic heterocycles. The number of rotatable bonds is 2. The molecule has 2 aromatic rings. The summed E-state index contributed by atoms with van der Waals surface area (Å²) >= 11 is 0. The van der Waals surface area contributed by atoms with E-state index in [1.165, 1.54) is 17.7 Å². The molecular weight excluding hydrogens is 280 g/mol. The molecule has 114 valence electrons. The Morgan fingerprint density at radius 2 is 1.95 bits per heavy atom. The minimum atomic E-state index is -0.308. The van der Waals surface area contributed by atoms with Crippen molar-refractivity contribution < 1.29 is 4.79 Å². The number of aromatic amines is 1. The Balaban J connectivity index is 1.79. The van der Waals surface area contributed by atoms with E-state index in [0.29, 0.717) is 13.1 Å². The zero-order chi connectivity index (χ0) is 15.5. The largest absolute Gasteiger partial charge is 0.334 e. The van der Waals surface area contributed by atoms with Gasteiger partial charge in [0.2, 0.25) is 0 Å². The molecule has 1 amide bonds. The number of nitrogens with zero attached hydrogens (tertiary/aromatic N) is 3. The van der Waals surface area contributed by atoms with E-state index in [4.69, 9.17) is 0 Å². The second-order valence-corrected chi connectivity index (χ2v) is 5.46. The average Bonchev–Trinajstić information content (AvgIpc) is 2.56. The van der Waals surface area contributed by atoms with Crippen molar-refractivity contribution in [3.63, 3.8) is 0 Å². The van der Waals surface area contributed by atoms with Crippen LogP contribution in [0.3, 0.4) is 0 Å². The minimum Gasteiger partial charge on any atom is -0.334 e. The molecule has 1 fully saturated rings. The van der Waals surface area contributed by atoms with Crippen molar-refractivity contribution >= 4 is 5.91 Å². The molecule has 0 bridgehead atoms. The van der Waals surface area contributed by atoms with Gasteiger partial charge in [-0.25, -0.2) is 5.10 Å². The number of benzene rings is 1. The third kappa shape index (κ3) is 2.92. The lowest BCUT2D eigenvalue weighted by Crippen LogP contribution is -2.49. The maximum absolute atomic E-state index is 12.5. The average molecular weight is 298 g/mol. The SMILES string of the molecule is CN1CCN(C(=O)c2ccc(=O)[nH]n2)CC1c1ccccc1. The molecule has 0 saturated carbocycles. The van der Waals surface area contributed by atoms with Crippen molar-refractivity contribution in [2.75, 3.05) is 26.7 Å². The molecule has 1 aliphatic heterocycles. The Kier molecular flexibility index (Phi) is 4.02. The van der Waals surface area contributed by atoms with E-state index in [1.807, 2.05) is 18.2 Å². The summed E-state index contributed by atoms with van der Waals surface area (Å²) in [6.45, 7) is 2.06. The van der Waals surface area contributed by atoms with E-state index in [1.54, 1.807) is 4.90 Å². The fraction of sp³-hybridized carbons (Fsp3) is 0.312. The zero-order valence-electron chi connectivity index (χ0n) is 12.4. The Labute approximate surface area is 128 Å². The molecule has 6 heteroatoms. The second-order valence-electron chi connectivity index (χ2n) is 5.46. The van der Waals surface area contributed by atoms with Crippen LogP contribution < -0.4 is 5.56 Å².